The number of aromatic nitrogens is 2. The molecule has 1 fully saturated rings. The van der Waals surface area contributed by atoms with Crippen LogP contribution in [0.1, 0.15) is 49.3 Å². The highest BCUT2D eigenvalue weighted by molar-refractivity contribution is 5.88. The quantitative estimate of drug-likeness (QED) is 0.634. The van der Waals surface area contributed by atoms with Crippen LogP contribution in [-0.2, 0) is 11.3 Å². The van der Waals surface area contributed by atoms with Crippen LogP contribution >= 0.6 is 0 Å². The summed E-state index contributed by atoms with van der Waals surface area (Å²) in [6, 6.07) is 0. The molecule has 2 rings (SSSR count). The number of rotatable bonds is 5. The zero-order valence-electron chi connectivity index (χ0n) is 13.8. The average Bonchev–Trinajstić information content (AvgIpc) is 2.51. The molecule has 2 heterocycles. The maximum Gasteiger partial charge on any atom is 0.411 e. The van der Waals surface area contributed by atoms with Gasteiger partial charge in [-0.3, -0.25) is 4.79 Å². The largest absolute Gasteiger partial charge is 0.616 e. The number of carbonyl (C=O) groups is 1. The van der Waals surface area contributed by atoms with Crippen LogP contribution < -0.4 is 15.0 Å². The van der Waals surface area contributed by atoms with Crippen LogP contribution in [0.15, 0.2) is 4.79 Å². The Kier molecular flexibility index (Phi) is 5.59. The van der Waals surface area contributed by atoms with Crippen LogP contribution in [0.2, 0.25) is 0 Å². The predicted molar refractivity (Wildman–Crippen MR) is 82.0 cm³/mol. The maximum absolute atomic E-state index is 12.3. The molecule has 0 amide bonds. The van der Waals surface area contributed by atoms with Gasteiger partial charge in [-0.05, 0) is 18.8 Å². The minimum atomic E-state index is -0.790. The Morgan fingerprint density at radius 2 is 2.00 bits per heavy atom. The van der Waals surface area contributed by atoms with Crippen molar-refractivity contribution >= 4 is 5.97 Å². The van der Waals surface area contributed by atoms with Crippen LogP contribution in [-0.4, -0.2) is 36.2 Å². The lowest BCUT2D eigenvalue weighted by Crippen LogP contribution is -2.44. The molecule has 0 saturated carbocycles. The Morgan fingerprint density at radius 3 is 2.57 bits per heavy atom. The van der Waals surface area contributed by atoms with E-state index in [1.54, 1.807) is 5.06 Å². The van der Waals surface area contributed by atoms with Gasteiger partial charge in [0, 0.05) is 19.5 Å². The molecule has 1 N–H and O–H groups in total. The zero-order chi connectivity index (χ0) is 17.0. The summed E-state index contributed by atoms with van der Waals surface area (Å²) < 4.78 is 5.41. The maximum atomic E-state index is 12.3. The molecule has 23 heavy (non-hydrogen) atoms. The van der Waals surface area contributed by atoms with E-state index in [9.17, 15) is 14.8 Å². The van der Waals surface area contributed by atoms with Crippen molar-refractivity contribution < 1.29 is 19.1 Å². The summed E-state index contributed by atoms with van der Waals surface area (Å²) in [6.45, 7) is 5.07. The van der Waals surface area contributed by atoms with Crippen molar-refractivity contribution in [1.29, 1.82) is 0 Å². The molecule has 1 aliphatic heterocycles. The molecule has 0 aromatic carbocycles. The topological polar surface area (TPSA) is 98.6 Å². The molecule has 1 aromatic heterocycles. The van der Waals surface area contributed by atoms with Gasteiger partial charge in [-0.2, -0.15) is 0 Å². The third kappa shape index (κ3) is 4.01. The molecule has 128 valence electrons. The van der Waals surface area contributed by atoms with Gasteiger partial charge in [0.1, 0.15) is 0 Å². The lowest BCUT2D eigenvalue weighted by atomic mass is 10.1. The summed E-state index contributed by atoms with van der Waals surface area (Å²) in [5, 5.41) is 13.9. The van der Waals surface area contributed by atoms with Crippen LogP contribution in [0, 0.1) is 11.1 Å². The normalized spacial score (nSPS) is 15.7. The average molecular weight is 325 g/mol. The summed E-state index contributed by atoms with van der Waals surface area (Å²) in [5.41, 5.74) is -0.836. The molecule has 0 aliphatic carbocycles. The van der Waals surface area contributed by atoms with E-state index in [1.807, 2.05) is 13.8 Å². The van der Waals surface area contributed by atoms with Gasteiger partial charge in [0.2, 0.25) is 5.69 Å². The molecule has 0 bridgehead atoms. The first kappa shape index (κ1) is 17.3. The van der Waals surface area contributed by atoms with Crippen molar-refractivity contribution in [2.75, 3.05) is 20.2 Å². The number of ether oxygens (including phenoxy) is 1. The Morgan fingerprint density at radius 1 is 1.35 bits per heavy atom. The van der Waals surface area contributed by atoms with Crippen LogP contribution in [0.4, 0.5) is 0 Å². The van der Waals surface area contributed by atoms with Crippen molar-refractivity contribution in [3.8, 4) is 5.88 Å². The second kappa shape index (κ2) is 7.45. The van der Waals surface area contributed by atoms with Gasteiger partial charge >= 0.3 is 17.4 Å². The van der Waals surface area contributed by atoms with Crippen LogP contribution in [0.3, 0.4) is 0 Å². The number of hydroxylamine groups is 2. The molecular weight excluding hydrogens is 302 g/mol. The number of hydrogen-bond acceptors (Lipinski definition) is 6. The van der Waals surface area contributed by atoms with Crippen LogP contribution in [0.5, 0.6) is 5.88 Å². The SMILES string of the molecule is COc1c(C(=O)ON2CCCCC2)[nH]c(=O)c(CC(C)C)[n+]1[O-]. The molecule has 0 atom stereocenters. The highest BCUT2D eigenvalue weighted by Crippen LogP contribution is 2.15. The highest BCUT2D eigenvalue weighted by atomic mass is 16.7. The molecule has 0 spiro atoms. The fourth-order valence-electron chi connectivity index (χ4n) is 2.56. The van der Waals surface area contributed by atoms with E-state index in [-0.39, 0.29) is 29.6 Å². The molecule has 1 saturated heterocycles. The van der Waals surface area contributed by atoms with E-state index in [2.05, 4.69) is 4.98 Å². The van der Waals surface area contributed by atoms with E-state index in [0.717, 1.165) is 19.3 Å². The summed E-state index contributed by atoms with van der Waals surface area (Å²) in [7, 11) is 1.28. The molecule has 0 radical (unpaired) electrons. The number of methoxy groups -OCH3 is 1. The predicted octanol–water partition coefficient (Wildman–Crippen LogP) is 0.773. The van der Waals surface area contributed by atoms with Crippen molar-refractivity contribution in [2.24, 2.45) is 5.92 Å². The third-order valence-electron chi connectivity index (χ3n) is 3.67. The number of hydrogen-bond donors (Lipinski definition) is 1. The van der Waals surface area contributed by atoms with Crippen LogP contribution in [0.25, 0.3) is 0 Å². The summed E-state index contributed by atoms with van der Waals surface area (Å²) >= 11 is 0. The monoisotopic (exact) mass is 325 g/mol. The van der Waals surface area contributed by atoms with Gasteiger partial charge in [0.25, 0.3) is 5.69 Å². The van der Waals surface area contributed by atoms with Crippen molar-refractivity contribution in [3.63, 3.8) is 0 Å². The number of nitrogens with zero attached hydrogens (tertiary/aromatic N) is 2. The van der Waals surface area contributed by atoms with Gasteiger partial charge in [-0.1, -0.05) is 20.3 Å². The van der Waals surface area contributed by atoms with E-state index in [1.165, 1.54) is 7.11 Å². The van der Waals surface area contributed by atoms with Gasteiger partial charge in [-0.25, -0.2) is 4.79 Å². The first-order valence-electron chi connectivity index (χ1n) is 7.84. The summed E-state index contributed by atoms with van der Waals surface area (Å²) in [5.74, 6) is -0.920. The fraction of sp³-hybridized carbons (Fsp3) is 0.667. The Labute approximate surface area is 134 Å². The Balaban J connectivity index is 2.30. The molecule has 1 aromatic rings. The van der Waals surface area contributed by atoms with Crippen molar-refractivity contribution in [1.82, 2.24) is 10.0 Å². The first-order valence-corrected chi connectivity index (χ1v) is 7.84. The van der Waals surface area contributed by atoms with Crippen molar-refractivity contribution in [2.45, 2.75) is 39.5 Å². The van der Waals surface area contributed by atoms with Crippen molar-refractivity contribution in [3.05, 3.63) is 26.9 Å². The number of aromatic amines is 1. The molecule has 8 nitrogen and oxygen atoms in total. The minimum absolute atomic E-state index is 0.0198. The van der Waals surface area contributed by atoms with Gasteiger partial charge in [-0.15, -0.1) is 9.79 Å². The number of nitrogens with one attached hydrogen (secondary N) is 1. The Hall–Kier alpha value is -2.09. The highest BCUT2D eigenvalue weighted by Gasteiger charge is 2.30. The summed E-state index contributed by atoms with van der Waals surface area (Å²) in [6.07, 6.45) is 3.26. The van der Waals surface area contributed by atoms with Gasteiger partial charge < -0.3 is 19.8 Å². The molecular formula is C15H23N3O5. The standard InChI is InChI=1S/C15H23N3O5/c1-10(2)9-11-13(19)16-12(14(22-3)18(11)21)15(20)23-17-7-5-4-6-8-17/h10H,4-9H2,1-3H3,(H,16,19). The smallest absolute Gasteiger partial charge is 0.411 e. The third-order valence-corrected chi connectivity index (χ3v) is 3.67. The summed E-state index contributed by atoms with van der Waals surface area (Å²) in [4.78, 5) is 32.0. The minimum Gasteiger partial charge on any atom is -0.616 e. The second-order valence-electron chi connectivity index (χ2n) is 6.05. The Bertz CT molecular complexity index is 620. The fourth-order valence-corrected chi connectivity index (χ4v) is 2.56. The second-order valence-corrected chi connectivity index (χ2v) is 6.05. The van der Waals surface area contributed by atoms with E-state index >= 15 is 0 Å². The lowest BCUT2D eigenvalue weighted by molar-refractivity contribution is -0.622. The first-order chi connectivity index (χ1) is 10.9. The molecule has 8 heteroatoms. The molecule has 0 unspecified atom stereocenters. The number of H-pyrrole nitrogens is 1. The van der Waals surface area contributed by atoms with Gasteiger partial charge in [0.15, 0.2) is 0 Å². The zero-order valence-corrected chi connectivity index (χ0v) is 13.8. The van der Waals surface area contributed by atoms with Gasteiger partial charge in [0.05, 0.1) is 7.11 Å². The lowest BCUT2D eigenvalue weighted by Gasteiger charge is -2.24. The van der Waals surface area contributed by atoms with E-state index in [4.69, 9.17) is 9.57 Å². The number of piperidine rings is 1. The number of carbonyl (C=O) groups excluding carboxylic acids is 1. The van der Waals surface area contributed by atoms with E-state index < -0.39 is 11.5 Å². The molecule has 1 aliphatic rings. The van der Waals surface area contributed by atoms with E-state index in [0.29, 0.717) is 17.8 Å².